The summed E-state index contributed by atoms with van der Waals surface area (Å²) in [6.07, 6.45) is -5.03. The standard InChI is InChI=1S/C14H14F3NO3/c1-3-21-13(19,14(15,16)17)10-8-9-6-4-5-7-11(9)18-12(10)20-2/h4-8,19H,3H2,1-2H3. The molecule has 7 heteroatoms. The Hall–Kier alpha value is -1.86. The summed E-state index contributed by atoms with van der Waals surface area (Å²) in [6, 6.07) is 7.76. The number of hydrogen-bond donors (Lipinski definition) is 1. The summed E-state index contributed by atoms with van der Waals surface area (Å²) in [5, 5.41) is 10.5. The number of aromatic nitrogens is 1. The molecule has 21 heavy (non-hydrogen) atoms. The highest BCUT2D eigenvalue weighted by atomic mass is 19.4. The molecule has 0 aliphatic carbocycles. The predicted molar refractivity (Wildman–Crippen MR) is 69.9 cm³/mol. The van der Waals surface area contributed by atoms with Crippen LogP contribution in [-0.2, 0) is 10.5 Å². The maximum atomic E-state index is 13.2. The van der Waals surface area contributed by atoms with E-state index in [-0.39, 0.29) is 12.5 Å². The largest absolute Gasteiger partial charge is 0.481 e. The summed E-state index contributed by atoms with van der Waals surface area (Å²) >= 11 is 0. The van der Waals surface area contributed by atoms with Crippen LogP contribution in [0, 0.1) is 0 Å². The molecule has 0 saturated heterocycles. The van der Waals surface area contributed by atoms with Crippen LogP contribution in [0.2, 0.25) is 0 Å². The first-order chi connectivity index (χ1) is 9.83. The highest BCUT2D eigenvalue weighted by Crippen LogP contribution is 2.43. The number of ether oxygens (including phenoxy) is 2. The molecule has 4 nitrogen and oxygen atoms in total. The van der Waals surface area contributed by atoms with E-state index in [1.54, 1.807) is 24.3 Å². The molecule has 0 amide bonds. The summed E-state index contributed by atoms with van der Waals surface area (Å²) in [4.78, 5) is 3.99. The van der Waals surface area contributed by atoms with E-state index >= 15 is 0 Å². The molecule has 0 aliphatic heterocycles. The summed E-state index contributed by atoms with van der Waals surface area (Å²) in [5.41, 5.74) is -0.114. The Morgan fingerprint density at radius 2 is 1.90 bits per heavy atom. The van der Waals surface area contributed by atoms with Gasteiger partial charge in [-0.05, 0) is 19.1 Å². The Kier molecular flexibility index (Phi) is 4.06. The summed E-state index contributed by atoms with van der Waals surface area (Å²) in [6.45, 7) is 1.03. The third kappa shape index (κ3) is 2.66. The molecule has 1 atom stereocenters. The van der Waals surface area contributed by atoms with E-state index in [4.69, 9.17) is 4.74 Å². The van der Waals surface area contributed by atoms with Gasteiger partial charge in [-0.15, -0.1) is 0 Å². The number of nitrogens with zero attached hydrogens (tertiary/aromatic N) is 1. The van der Waals surface area contributed by atoms with Crippen LogP contribution in [0.3, 0.4) is 0 Å². The Morgan fingerprint density at radius 1 is 1.24 bits per heavy atom. The van der Waals surface area contributed by atoms with Gasteiger partial charge in [0.1, 0.15) is 0 Å². The van der Waals surface area contributed by atoms with Crippen molar-refractivity contribution < 1.29 is 27.8 Å². The predicted octanol–water partition coefficient (Wildman–Crippen LogP) is 2.99. The van der Waals surface area contributed by atoms with Gasteiger partial charge in [0.05, 0.1) is 18.2 Å². The van der Waals surface area contributed by atoms with Crippen LogP contribution in [0.4, 0.5) is 13.2 Å². The average Bonchev–Trinajstić information content (AvgIpc) is 2.44. The molecule has 0 bridgehead atoms. The molecule has 0 radical (unpaired) electrons. The number of rotatable bonds is 4. The quantitative estimate of drug-likeness (QED) is 0.882. The number of para-hydroxylation sites is 1. The highest BCUT2D eigenvalue weighted by molar-refractivity contribution is 5.80. The van der Waals surface area contributed by atoms with Crippen molar-refractivity contribution in [2.45, 2.75) is 18.9 Å². The second kappa shape index (κ2) is 5.50. The number of methoxy groups -OCH3 is 1. The van der Waals surface area contributed by atoms with Crippen molar-refractivity contribution in [1.82, 2.24) is 4.98 Å². The van der Waals surface area contributed by atoms with Gasteiger partial charge in [-0.2, -0.15) is 13.2 Å². The molecule has 0 spiro atoms. The Morgan fingerprint density at radius 3 is 2.48 bits per heavy atom. The molecule has 1 aromatic carbocycles. The van der Waals surface area contributed by atoms with Gasteiger partial charge in [-0.1, -0.05) is 18.2 Å². The van der Waals surface area contributed by atoms with Gasteiger partial charge in [-0.3, -0.25) is 0 Å². The number of aliphatic hydroxyl groups is 1. The summed E-state index contributed by atoms with van der Waals surface area (Å²) in [7, 11) is 1.18. The van der Waals surface area contributed by atoms with E-state index in [1.165, 1.54) is 20.1 Å². The van der Waals surface area contributed by atoms with Crippen molar-refractivity contribution in [2.24, 2.45) is 0 Å². The molecular formula is C14H14F3NO3. The zero-order chi connectivity index (χ0) is 15.7. The Bertz CT molecular complexity index is 645. The van der Waals surface area contributed by atoms with Gasteiger partial charge in [-0.25, -0.2) is 4.98 Å². The van der Waals surface area contributed by atoms with Crippen molar-refractivity contribution in [3.05, 3.63) is 35.9 Å². The molecule has 114 valence electrons. The molecule has 1 heterocycles. The molecule has 1 N–H and O–H groups in total. The van der Waals surface area contributed by atoms with E-state index in [0.717, 1.165) is 0 Å². The van der Waals surface area contributed by atoms with Crippen molar-refractivity contribution in [1.29, 1.82) is 0 Å². The third-order valence-electron chi connectivity index (χ3n) is 2.98. The molecule has 0 fully saturated rings. The van der Waals surface area contributed by atoms with Crippen LogP contribution < -0.4 is 4.74 Å². The first-order valence-corrected chi connectivity index (χ1v) is 6.20. The van der Waals surface area contributed by atoms with Crippen molar-refractivity contribution in [3.8, 4) is 5.88 Å². The van der Waals surface area contributed by atoms with Crippen LogP contribution in [-0.4, -0.2) is 30.0 Å². The Balaban J connectivity index is 2.72. The van der Waals surface area contributed by atoms with Crippen molar-refractivity contribution in [2.75, 3.05) is 13.7 Å². The molecule has 2 aromatic rings. The number of benzene rings is 1. The smallest absolute Gasteiger partial charge is 0.448 e. The van der Waals surface area contributed by atoms with Gasteiger partial charge in [0.2, 0.25) is 5.88 Å². The monoisotopic (exact) mass is 301 g/mol. The van der Waals surface area contributed by atoms with Crippen molar-refractivity contribution >= 4 is 10.9 Å². The summed E-state index contributed by atoms with van der Waals surface area (Å²) in [5.74, 6) is -3.80. The average molecular weight is 301 g/mol. The van der Waals surface area contributed by atoms with Crippen LogP contribution in [0.5, 0.6) is 5.88 Å². The lowest BCUT2D eigenvalue weighted by atomic mass is 10.0. The van der Waals surface area contributed by atoms with E-state index in [1.807, 2.05) is 0 Å². The minimum Gasteiger partial charge on any atom is -0.481 e. The van der Waals surface area contributed by atoms with E-state index in [0.29, 0.717) is 10.9 Å². The summed E-state index contributed by atoms with van der Waals surface area (Å²) < 4.78 is 49.2. The van der Waals surface area contributed by atoms with E-state index in [2.05, 4.69) is 9.72 Å². The van der Waals surface area contributed by atoms with Crippen molar-refractivity contribution in [3.63, 3.8) is 0 Å². The molecular weight excluding hydrogens is 287 g/mol. The van der Waals surface area contributed by atoms with Gasteiger partial charge >= 0.3 is 6.18 Å². The van der Waals surface area contributed by atoms with Crippen LogP contribution in [0.1, 0.15) is 12.5 Å². The van der Waals surface area contributed by atoms with Gasteiger partial charge < -0.3 is 14.6 Å². The van der Waals surface area contributed by atoms with Gasteiger partial charge in [0, 0.05) is 12.0 Å². The second-order valence-corrected chi connectivity index (χ2v) is 4.31. The zero-order valence-corrected chi connectivity index (χ0v) is 11.4. The first-order valence-electron chi connectivity index (χ1n) is 6.20. The number of pyridine rings is 1. The lowest BCUT2D eigenvalue weighted by molar-refractivity contribution is -0.374. The molecule has 1 unspecified atom stereocenters. The number of fused-ring (bicyclic) bond motifs is 1. The minimum absolute atomic E-state index is 0.327. The molecule has 0 saturated carbocycles. The van der Waals surface area contributed by atoms with E-state index < -0.39 is 17.5 Å². The Labute approximate surface area is 119 Å². The normalized spacial score (nSPS) is 15.0. The topological polar surface area (TPSA) is 51.6 Å². The minimum atomic E-state index is -5.03. The van der Waals surface area contributed by atoms with Gasteiger partial charge in [0.15, 0.2) is 0 Å². The first kappa shape index (κ1) is 15.5. The second-order valence-electron chi connectivity index (χ2n) is 4.31. The van der Waals surface area contributed by atoms with Crippen LogP contribution >= 0.6 is 0 Å². The third-order valence-corrected chi connectivity index (χ3v) is 2.98. The SMILES string of the molecule is CCOC(O)(c1cc2ccccc2nc1OC)C(F)(F)F. The molecule has 2 rings (SSSR count). The fourth-order valence-electron chi connectivity index (χ4n) is 2.02. The lowest BCUT2D eigenvalue weighted by Gasteiger charge is -2.31. The number of alkyl halides is 3. The zero-order valence-electron chi connectivity index (χ0n) is 11.4. The fraction of sp³-hybridized carbons (Fsp3) is 0.357. The molecule has 1 aromatic heterocycles. The maximum Gasteiger partial charge on any atom is 0.448 e. The van der Waals surface area contributed by atoms with Crippen LogP contribution in [0.25, 0.3) is 10.9 Å². The molecule has 0 aliphatic rings. The van der Waals surface area contributed by atoms with E-state index in [9.17, 15) is 18.3 Å². The fourth-order valence-corrected chi connectivity index (χ4v) is 2.02. The lowest BCUT2D eigenvalue weighted by Crippen LogP contribution is -2.45. The highest BCUT2D eigenvalue weighted by Gasteiger charge is 2.58. The number of halogens is 3. The van der Waals surface area contributed by atoms with Crippen LogP contribution in [0.15, 0.2) is 30.3 Å². The number of hydrogen-bond acceptors (Lipinski definition) is 4. The maximum absolute atomic E-state index is 13.2. The van der Waals surface area contributed by atoms with Gasteiger partial charge in [0.25, 0.3) is 5.79 Å².